The zero-order valence-corrected chi connectivity index (χ0v) is 17.4. The molecule has 0 bridgehead atoms. The van der Waals surface area contributed by atoms with E-state index < -0.39 is 16.9 Å². The summed E-state index contributed by atoms with van der Waals surface area (Å²) in [4.78, 5) is 36.8. The number of nitrogens with zero attached hydrogens (tertiary/aromatic N) is 2. The van der Waals surface area contributed by atoms with Crippen LogP contribution in [0.15, 0.2) is 42.5 Å². The number of hydrogen-bond donors (Lipinski definition) is 1. The summed E-state index contributed by atoms with van der Waals surface area (Å²) in [6.45, 7) is 3.50. The normalized spacial score (nSPS) is 11.3. The molecule has 0 aliphatic carbocycles. The van der Waals surface area contributed by atoms with Crippen molar-refractivity contribution in [1.82, 2.24) is 10.2 Å². The molecule has 9 nitrogen and oxygen atoms in total. The second-order valence-corrected chi connectivity index (χ2v) is 6.68. The van der Waals surface area contributed by atoms with E-state index in [0.29, 0.717) is 0 Å². The third kappa shape index (κ3) is 5.69. The van der Waals surface area contributed by atoms with E-state index in [1.807, 2.05) is 31.2 Å². The zero-order chi connectivity index (χ0) is 22.3. The van der Waals surface area contributed by atoms with Gasteiger partial charge in [0.2, 0.25) is 11.7 Å². The van der Waals surface area contributed by atoms with Gasteiger partial charge in [-0.2, -0.15) is 0 Å². The molecule has 0 saturated heterocycles. The van der Waals surface area contributed by atoms with E-state index in [0.717, 1.165) is 11.1 Å². The Hall–Kier alpha value is -3.62. The molecule has 30 heavy (non-hydrogen) atoms. The number of amides is 2. The van der Waals surface area contributed by atoms with Gasteiger partial charge in [-0.1, -0.05) is 29.8 Å². The number of likely N-dealkylation sites (N-methyl/N-ethyl adjacent to an activating group) is 1. The van der Waals surface area contributed by atoms with Crippen LogP contribution in [0.4, 0.5) is 5.69 Å². The van der Waals surface area contributed by atoms with Gasteiger partial charge in [0.25, 0.3) is 5.91 Å². The second kappa shape index (κ2) is 10.2. The van der Waals surface area contributed by atoms with Crippen LogP contribution in [0.5, 0.6) is 11.5 Å². The molecule has 1 N–H and O–H groups in total. The molecule has 1 atom stereocenters. The minimum atomic E-state index is -0.709. The minimum absolute atomic E-state index is 0.0280. The van der Waals surface area contributed by atoms with Crippen molar-refractivity contribution in [1.29, 1.82) is 0 Å². The van der Waals surface area contributed by atoms with Crippen molar-refractivity contribution in [3.05, 3.63) is 63.7 Å². The smallest absolute Gasteiger partial charge is 0.311 e. The molecule has 0 aliphatic rings. The number of rotatable bonds is 9. The maximum atomic E-state index is 12.9. The van der Waals surface area contributed by atoms with E-state index in [1.54, 1.807) is 6.92 Å². The molecule has 2 amide bonds. The van der Waals surface area contributed by atoms with Gasteiger partial charge in [0, 0.05) is 25.7 Å². The highest BCUT2D eigenvalue weighted by molar-refractivity contribution is 5.87. The van der Waals surface area contributed by atoms with Crippen LogP contribution in [0, 0.1) is 17.0 Å². The summed E-state index contributed by atoms with van der Waals surface area (Å²) in [7, 11) is 2.82. The molecule has 0 fully saturated rings. The van der Waals surface area contributed by atoms with E-state index in [-0.39, 0.29) is 36.2 Å². The lowest BCUT2D eigenvalue weighted by Crippen LogP contribution is -2.48. The summed E-state index contributed by atoms with van der Waals surface area (Å²) in [6, 6.07) is 10.9. The highest BCUT2D eigenvalue weighted by Crippen LogP contribution is 2.30. The Balaban J connectivity index is 2.16. The van der Waals surface area contributed by atoms with Crippen molar-refractivity contribution < 1.29 is 24.0 Å². The van der Waals surface area contributed by atoms with Gasteiger partial charge in [-0.3, -0.25) is 19.7 Å². The van der Waals surface area contributed by atoms with E-state index in [4.69, 9.17) is 9.47 Å². The fourth-order valence-electron chi connectivity index (χ4n) is 2.81. The fraction of sp³-hybridized carbons (Fsp3) is 0.333. The summed E-state index contributed by atoms with van der Waals surface area (Å²) >= 11 is 0. The number of carbonyl (C=O) groups excluding carboxylic acids is 2. The molecule has 2 aromatic rings. The second-order valence-electron chi connectivity index (χ2n) is 6.68. The van der Waals surface area contributed by atoms with Crippen LogP contribution >= 0.6 is 0 Å². The Kier molecular flexibility index (Phi) is 7.74. The Labute approximate surface area is 174 Å². The van der Waals surface area contributed by atoms with Crippen LogP contribution in [-0.4, -0.2) is 48.4 Å². The van der Waals surface area contributed by atoms with Gasteiger partial charge >= 0.3 is 5.69 Å². The van der Waals surface area contributed by atoms with Crippen molar-refractivity contribution in [2.75, 3.05) is 20.8 Å². The van der Waals surface area contributed by atoms with Crippen LogP contribution in [-0.2, 0) is 16.1 Å². The lowest BCUT2D eigenvalue weighted by molar-refractivity contribution is -0.385. The van der Waals surface area contributed by atoms with Gasteiger partial charge in [-0.15, -0.1) is 0 Å². The third-order valence-corrected chi connectivity index (χ3v) is 4.60. The number of nitrogens with one attached hydrogen (secondary N) is 1. The number of aryl methyl sites for hydroxylation is 1. The molecule has 2 rings (SSSR count). The first-order valence-corrected chi connectivity index (χ1v) is 9.28. The van der Waals surface area contributed by atoms with Crippen LogP contribution in [0.1, 0.15) is 18.1 Å². The van der Waals surface area contributed by atoms with Gasteiger partial charge in [0.15, 0.2) is 6.61 Å². The first-order chi connectivity index (χ1) is 14.3. The summed E-state index contributed by atoms with van der Waals surface area (Å²) in [5.41, 5.74) is 1.76. The number of benzene rings is 2. The molecular formula is C21H25N3O6. The monoisotopic (exact) mass is 415 g/mol. The Morgan fingerprint density at radius 1 is 1.20 bits per heavy atom. The van der Waals surface area contributed by atoms with Gasteiger partial charge in [0.05, 0.1) is 12.0 Å². The maximum absolute atomic E-state index is 12.9. The Morgan fingerprint density at radius 2 is 1.87 bits per heavy atom. The van der Waals surface area contributed by atoms with Crippen molar-refractivity contribution in [3.63, 3.8) is 0 Å². The Morgan fingerprint density at radius 3 is 2.43 bits per heavy atom. The predicted octanol–water partition coefficient (Wildman–Crippen LogP) is 2.45. The van der Waals surface area contributed by atoms with Crippen LogP contribution < -0.4 is 14.8 Å². The zero-order valence-electron chi connectivity index (χ0n) is 17.4. The molecule has 0 heterocycles. The highest BCUT2D eigenvalue weighted by Gasteiger charge is 2.26. The van der Waals surface area contributed by atoms with E-state index in [1.165, 1.54) is 37.3 Å². The van der Waals surface area contributed by atoms with Crippen LogP contribution in [0.2, 0.25) is 0 Å². The molecule has 0 spiro atoms. The predicted molar refractivity (Wildman–Crippen MR) is 110 cm³/mol. The molecule has 0 saturated carbocycles. The minimum Gasteiger partial charge on any atom is -0.490 e. The van der Waals surface area contributed by atoms with Gasteiger partial charge < -0.3 is 19.7 Å². The highest BCUT2D eigenvalue weighted by atomic mass is 16.6. The standard InChI is InChI=1S/C21H25N3O6/c1-14-5-7-16(8-6-14)12-23(15(2)21(26)22-3)20(25)13-30-17-9-10-18(24(27)28)19(11-17)29-4/h5-11,15H,12-13H2,1-4H3,(H,22,26)/t15-/m1/s1. The lowest BCUT2D eigenvalue weighted by atomic mass is 10.1. The molecule has 2 aromatic carbocycles. The number of methoxy groups -OCH3 is 1. The Bertz CT molecular complexity index is 913. The van der Waals surface area contributed by atoms with Crippen molar-refractivity contribution in [2.24, 2.45) is 0 Å². The fourth-order valence-corrected chi connectivity index (χ4v) is 2.81. The quantitative estimate of drug-likeness (QED) is 0.497. The summed E-state index contributed by atoms with van der Waals surface area (Å²) < 4.78 is 10.5. The summed E-state index contributed by atoms with van der Waals surface area (Å²) in [6.07, 6.45) is 0. The SMILES string of the molecule is CNC(=O)[C@@H](C)N(Cc1ccc(C)cc1)C(=O)COc1ccc([N+](=O)[O-])c(OC)c1. The number of nitro groups is 1. The van der Waals surface area contributed by atoms with Crippen molar-refractivity contribution >= 4 is 17.5 Å². The number of carbonyl (C=O) groups is 2. The molecule has 9 heteroatoms. The topological polar surface area (TPSA) is 111 Å². The van der Waals surface area contributed by atoms with Crippen LogP contribution in [0.3, 0.4) is 0 Å². The molecule has 0 aromatic heterocycles. The summed E-state index contributed by atoms with van der Waals surface area (Å²) in [5, 5.41) is 13.5. The average molecular weight is 415 g/mol. The first kappa shape index (κ1) is 22.7. The summed E-state index contributed by atoms with van der Waals surface area (Å²) in [5.74, 6) is -0.426. The number of ether oxygens (including phenoxy) is 2. The maximum Gasteiger partial charge on any atom is 0.311 e. The van der Waals surface area contributed by atoms with E-state index >= 15 is 0 Å². The van der Waals surface area contributed by atoms with E-state index in [2.05, 4.69) is 5.32 Å². The molecular weight excluding hydrogens is 390 g/mol. The average Bonchev–Trinajstić information content (AvgIpc) is 2.75. The molecule has 0 aliphatic heterocycles. The number of nitro benzene ring substituents is 1. The van der Waals surface area contributed by atoms with Crippen molar-refractivity contribution in [3.8, 4) is 11.5 Å². The van der Waals surface area contributed by atoms with Gasteiger partial charge in [0.1, 0.15) is 11.8 Å². The van der Waals surface area contributed by atoms with Gasteiger partial charge in [-0.05, 0) is 25.5 Å². The molecule has 0 unspecified atom stereocenters. The lowest BCUT2D eigenvalue weighted by Gasteiger charge is -2.28. The van der Waals surface area contributed by atoms with Crippen LogP contribution in [0.25, 0.3) is 0 Å². The molecule has 0 radical (unpaired) electrons. The first-order valence-electron chi connectivity index (χ1n) is 9.28. The largest absolute Gasteiger partial charge is 0.490 e. The van der Waals surface area contributed by atoms with Crippen molar-refractivity contribution in [2.45, 2.75) is 26.4 Å². The third-order valence-electron chi connectivity index (χ3n) is 4.60. The van der Waals surface area contributed by atoms with Gasteiger partial charge in [-0.25, -0.2) is 0 Å². The molecule has 160 valence electrons. The van der Waals surface area contributed by atoms with E-state index in [9.17, 15) is 19.7 Å². The number of hydrogen-bond acceptors (Lipinski definition) is 6.